The molecule has 1 spiro atoms. The van der Waals surface area contributed by atoms with E-state index in [4.69, 9.17) is 11.6 Å². The third-order valence-corrected chi connectivity index (χ3v) is 22.5. The van der Waals surface area contributed by atoms with Gasteiger partial charge >= 0.3 is 12.4 Å². The lowest BCUT2D eigenvalue weighted by atomic mass is 9.90. The number of carbonyl (C=O) groups excluding carboxylic acids is 12. The number of carbonyl (C=O) groups is 12. The van der Waals surface area contributed by atoms with Crippen molar-refractivity contribution in [3.05, 3.63) is 69.7 Å². The molecule has 0 bridgehead atoms. The average molecular weight is 1500 g/mol. The summed E-state index contributed by atoms with van der Waals surface area (Å²) in [6.45, 7) is 13.3. The molecule has 582 valence electrons. The highest BCUT2D eigenvalue weighted by molar-refractivity contribution is 6.31. The molecule has 105 heavy (non-hydrogen) atoms. The van der Waals surface area contributed by atoms with Gasteiger partial charge in [-0.3, -0.25) is 57.5 Å². The Balaban J connectivity index is 1.32. The van der Waals surface area contributed by atoms with Crippen LogP contribution in [0.4, 0.5) is 26.3 Å². The highest BCUT2D eigenvalue weighted by Crippen LogP contribution is 2.38. The lowest BCUT2D eigenvalue weighted by Gasteiger charge is -2.45. The van der Waals surface area contributed by atoms with Crippen LogP contribution in [-0.4, -0.2) is 249 Å². The minimum Gasteiger partial charge on any atom is -0.343 e. The molecule has 12 amide bonds. The number of nitrogens with one attached hydrogen (secondary N) is 3. The van der Waals surface area contributed by atoms with Crippen molar-refractivity contribution in [3.63, 3.8) is 0 Å². The lowest BCUT2D eigenvalue weighted by Crippen LogP contribution is -2.65. The summed E-state index contributed by atoms with van der Waals surface area (Å²) < 4.78 is 83.4. The van der Waals surface area contributed by atoms with Crippen LogP contribution >= 0.6 is 11.6 Å². The molecule has 0 aromatic heterocycles. The molecular formula is C74H105ClF6N12O12. The van der Waals surface area contributed by atoms with E-state index in [9.17, 15) is 55.1 Å². The largest absolute Gasteiger partial charge is 0.417 e. The Labute approximate surface area is 616 Å². The third-order valence-electron chi connectivity index (χ3n) is 22.2. The van der Waals surface area contributed by atoms with Crippen LogP contribution in [0.1, 0.15) is 168 Å². The maximum atomic E-state index is 15.5. The van der Waals surface area contributed by atoms with Gasteiger partial charge in [-0.2, -0.15) is 26.3 Å². The topological polar surface area (TPSA) is 270 Å². The highest BCUT2D eigenvalue weighted by atomic mass is 35.5. The number of hydrogen-bond donors (Lipinski definition) is 3. The summed E-state index contributed by atoms with van der Waals surface area (Å²) in [5.74, 6) is -10.3. The van der Waals surface area contributed by atoms with Gasteiger partial charge in [-0.25, -0.2) is 0 Å². The van der Waals surface area contributed by atoms with Crippen LogP contribution in [-0.2, 0) is 82.7 Å². The molecule has 2 aromatic rings. The van der Waals surface area contributed by atoms with Crippen molar-refractivity contribution >= 4 is 82.5 Å². The number of amides is 12. The summed E-state index contributed by atoms with van der Waals surface area (Å²) >= 11 is 6.15. The van der Waals surface area contributed by atoms with Crippen molar-refractivity contribution in [3.8, 4) is 0 Å². The van der Waals surface area contributed by atoms with Gasteiger partial charge in [0.15, 0.2) is 0 Å². The van der Waals surface area contributed by atoms with Gasteiger partial charge < -0.3 is 60.0 Å². The van der Waals surface area contributed by atoms with Crippen LogP contribution < -0.4 is 16.0 Å². The quantitative estimate of drug-likeness (QED) is 0.177. The number of fused-ring (bicyclic) bond motifs is 2. The average Bonchev–Trinajstić information content (AvgIpc) is 1.74. The molecule has 2 aromatic carbocycles. The predicted molar refractivity (Wildman–Crippen MR) is 377 cm³/mol. The van der Waals surface area contributed by atoms with Crippen LogP contribution in [0, 0.1) is 17.8 Å². The zero-order valence-corrected chi connectivity index (χ0v) is 63.4. The minimum atomic E-state index is -4.81. The Morgan fingerprint density at radius 2 is 1.22 bits per heavy atom. The van der Waals surface area contributed by atoms with E-state index in [0.717, 1.165) is 57.2 Å². The summed E-state index contributed by atoms with van der Waals surface area (Å²) in [4.78, 5) is 192. The van der Waals surface area contributed by atoms with Gasteiger partial charge in [-0.05, 0) is 131 Å². The van der Waals surface area contributed by atoms with Gasteiger partial charge in [0, 0.05) is 74.4 Å². The van der Waals surface area contributed by atoms with Gasteiger partial charge in [-0.1, -0.05) is 97.0 Å². The Bertz CT molecular complexity index is 3520. The molecular weight excluding hydrogens is 1400 g/mol. The molecule has 5 aliphatic rings. The molecule has 1 saturated carbocycles. The molecule has 0 radical (unpaired) electrons. The fourth-order valence-corrected chi connectivity index (χ4v) is 15.2. The summed E-state index contributed by atoms with van der Waals surface area (Å²) in [5, 5.41) is 7.93. The van der Waals surface area contributed by atoms with E-state index in [1.165, 1.54) is 73.6 Å². The lowest BCUT2D eigenvalue weighted by molar-refractivity contribution is -0.160. The van der Waals surface area contributed by atoms with E-state index in [1.807, 2.05) is 20.8 Å². The number of alkyl halides is 6. The Kier molecular flexibility index (Phi) is 28.5. The number of likely N-dealkylation sites (N-methyl/N-ethyl adjacent to an activating group) is 6. The molecule has 11 atom stereocenters. The summed E-state index contributed by atoms with van der Waals surface area (Å²) in [6, 6.07) is -5.36. The first-order chi connectivity index (χ1) is 49.2. The van der Waals surface area contributed by atoms with Crippen LogP contribution in [0.3, 0.4) is 0 Å². The van der Waals surface area contributed by atoms with Crippen LogP contribution in [0.15, 0.2) is 42.5 Å². The van der Waals surface area contributed by atoms with E-state index in [2.05, 4.69) is 16.0 Å². The Morgan fingerprint density at radius 1 is 0.610 bits per heavy atom. The first-order valence-corrected chi connectivity index (χ1v) is 37.1. The van der Waals surface area contributed by atoms with Gasteiger partial charge in [-0.15, -0.1) is 0 Å². The van der Waals surface area contributed by atoms with E-state index in [0.29, 0.717) is 51.6 Å². The van der Waals surface area contributed by atoms with Crippen molar-refractivity contribution in [2.75, 3.05) is 74.5 Å². The summed E-state index contributed by atoms with van der Waals surface area (Å²) in [5.41, 5.74) is -3.39. The standard InChI is InChI=1S/C74H105ClF6N12O12/c1-14-44(6)60-69(103)85(9)46(8)64(98)93-37-31-54(93)66(100)87(11)56(40-48-23-27-49(28-24-48)73(76,77)78)67(101)90(16-3)42-58(94)82-52(30-26-47-25-29-50(51(75)39-47)74(79,80)81)65(99)92-36-21-22-53(92)63(97)84-72(32-17-18-33-72)71(105)89(13)61(45(7)15-2)70(104)88(12)57(68(102)91-34-19-20-35-91)41-59(95)86(10)55(38-43(4)5)62(96)83-60/h23-25,27-29,39,43-46,52-57,60-61H,14-22,26,30-38,40-42H2,1-13H3,(H,82,94)(H,83,96)(H,84,97)/t44-,45-,46-,52-,53-,54-,55-,56-,57-,60-,61-/m0/s1. The molecule has 3 N–H and O–H groups in total. The maximum Gasteiger partial charge on any atom is 0.417 e. The smallest absolute Gasteiger partial charge is 0.343 e. The molecule has 24 nitrogen and oxygen atoms in total. The van der Waals surface area contributed by atoms with E-state index in [-0.39, 0.29) is 88.0 Å². The van der Waals surface area contributed by atoms with Crippen molar-refractivity contribution in [2.45, 2.75) is 230 Å². The fraction of sp³-hybridized carbons (Fsp3) is 0.676. The van der Waals surface area contributed by atoms with Crippen molar-refractivity contribution < 1.29 is 83.9 Å². The number of benzene rings is 2. The van der Waals surface area contributed by atoms with Crippen molar-refractivity contribution in [1.29, 1.82) is 0 Å². The molecule has 31 heteroatoms. The van der Waals surface area contributed by atoms with Gasteiger partial charge in [0.1, 0.15) is 59.9 Å². The molecule has 4 aliphatic heterocycles. The van der Waals surface area contributed by atoms with Gasteiger partial charge in [0.2, 0.25) is 70.9 Å². The zero-order chi connectivity index (χ0) is 78.1. The number of aryl methyl sites for hydroxylation is 1. The number of halogens is 7. The monoisotopic (exact) mass is 1500 g/mol. The molecule has 4 saturated heterocycles. The first-order valence-electron chi connectivity index (χ1n) is 36.7. The second kappa shape index (κ2) is 35.6. The van der Waals surface area contributed by atoms with E-state index in [1.54, 1.807) is 25.7 Å². The summed E-state index contributed by atoms with van der Waals surface area (Å²) in [7, 11) is 6.83. The summed E-state index contributed by atoms with van der Waals surface area (Å²) in [6.07, 6.45) is -7.47. The van der Waals surface area contributed by atoms with Crippen LogP contribution in [0.5, 0.6) is 0 Å². The van der Waals surface area contributed by atoms with Crippen molar-refractivity contribution in [1.82, 2.24) is 60.0 Å². The number of likely N-dealkylation sites (tertiary alicyclic amines) is 1. The molecule has 7 rings (SSSR count). The number of hydrogen-bond acceptors (Lipinski definition) is 12. The number of nitrogens with zero attached hydrogens (tertiary/aromatic N) is 9. The SMILES string of the molecule is CC[C@H](C)[C@@H]1NC(=O)[C@H](CC(C)C)N(C)C(=O)C[C@@H](C(=O)N2CCCC2)N(C)C(=O)[C@H]([C@@H](C)CC)N(C)C(=O)C2(CCCC2)NC(=O)[C@@H]2CCCN2C(=O)[C@H](CCc2ccc(C(F)(F)F)c(Cl)c2)NC(=O)CN(CC)C(=O)[C@H](Cc2ccc(C(F)(F)F)cc2)N(C)C(=O)[C@@H]2CCN2C(=O)[C@H](C)N(C)C1=O. The molecule has 4 heterocycles. The van der Waals surface area contributed by atoms with Crippen molar-refractivity contribution in [2.24, 2.45) is 17.8 Å². The fourth-order valence-electron chi connectivity index (χ4n) is 14.9. The van der Waals surface area contributed by atoms with Gasteiger partial charge in [0.25, 0.3) is 0 Å². The zero-order valence-electron chi connectivity index (χ0n) is 62.6. The first kappa shape index (κ1) is 84.2. The third kappa shape index (κ3) is 19.6. The normalized spacial score (nSPS) is 26.3. The van der Waals surface area contributed by atoms with Crippen LogP contribution in [0.2, 0.25) is 5.02 Å². The Morgan fingerprint density at radius 3 is 1.77 bits per heavy atom. The second-order valence-corrected chi connectivity index (χ2v) is 30.0. The Hall–Kier alpha value is -8.05. The highest BCUT2D eigenvalue weighted by Gasteiger charge is 2.52. The maximum absolute atomic E-state index is 15.5. The second-order valence-electron chi connectivity index (χ2n) is 29.6. The van der Waals surface area contributed by atoms with Gasteiger partial charge in [0.05, 0.1) is 29.1 Å². The molecule has 5 fully saturated rings. The van der Waals surface area contributed by atoms with E-state index < -0.39 is 191 Å². The predicted octanol–water partition coefficient (Wildman–Crippen LogP) is 6.71. The molecule has 0 unspecified atom stereocenters. The van der Waals surface area contributed by atoms with E-state index >= 15 is 28.8 Å². The number of rotatable bonds is 13. The minimum absolute atomic E-state index is 0.00994. The molecule has 1 aliphatic carbocycles. The van der Waals surface area contributed by atoms with Crippen LogP contribution in [0.25, 0.3) is 0 Å².